The summed E-state index contributed by atoms with van der Waals surface area (Å²) in [4.78, 5) is 9.45. The fourth-order valence-electron chi connectivity index (χ4n) is 4.59. The third kappa shape index (κ3) is 8.01. The molecular formula is C30H38N6S2. The number of hydrogen-bond acceptors (Lipinski definition) is 8. The van der Waals surface area contributed by atoms with Crippen LogP contribution in [0, 0.1) is 11.3 Å². The quantitative estimate of drug-likeness (QED) is 0.176. The zero-order chi connectivity index (χ0) is 27.1. The Morgan fingerprint density at radius 3 is 1.89 bits per heavy atom. The van der Waals surface area contributed by atoms with Crippen LogP contribution in [0.3, 0.4) is 0 Å². The molecule has 2 aromatic heterocycles. The number of nitrogens with zero attached hydrogens (tertiary/aromatic N) is 6. The molecule has 0 aliphatic heterocycles. The molecule has 2 aromatic carbocycles. The number of azo groups is 2. The van der Waals surface area contributed by atoms with E-state index in [9.17, 15) is 0 Å². The van der Waals surface area contributed by atoms with Crippen LogP contribution in [0.15, 0.2) is 75.1 Å². The number of aryl methyl sites for hydroxylation is 1. The maximum absolute atomic E-state index is 4.68. The minimum absolute atomic E-state index is 0.388. The fraction of sp³-hybridized carbons (Fsp3) is 0.433. The van der Waals surface area contributed by atoms with Crippen LogP contribution in [-0.4, -0.2) is 18.1 Å². The van der Waals surface area contributed by atoms with Crippen LogP contribution in [0.1, 0.15) is 59.3 Å². The van der Waals surface area contributed by atoms with Crippen LogP contribution >= 0.6 is 22.7 Å². The van der Waals surface area contributed by atoms with Gasteiger partial charge in [-0.25, -0.2) is 4.98 Å². The van der Waals surface area contributed by atoms with Gasteiger partial charge in [-0.3, -0.25) is 0 Å². The minimum Gasteiger partial charge on any atom is -0.372 e. The molecule has 1 unspecified atom stereocenters. The first-order chi connectivity index (χ1) is 18.2. The van der Waals surface area contributed by atoms with E-state index in [1.807, 2.05) is 36.4 Å². The lowest BCUT2D eigenvalue weighted by molar-refractivity contribution is 0.297. The van der Waals surface area contributed by atoms with Crippen molar-refractivity contribution in [2.24, 2.45) is 31.8 Å². The lowest BCUT2D eigenvalue weighted by atomic mass is 9.83. The second-order valence-electron chi connectivity index (χ2n) is 10.9. The molecule has 0 amide bonds. The van der Waals surface area contributed by atoms with Gasteiger partial charge in [0.15, 0.2) is 0 Å². The summed E-state index contributed by atoms with van der Waals surface area (Å²) in [6.45, 7) is 15.6. The van der Waals surface area contributed by atoms with E-state index in [4.69, 9.17) is 0 Å². The Kier molecular flexibility index (Phi) is 9.39. The molecule has 200 valence electrons. The van der Waals surface area contributed by atoms with Gasteiger partial charge >= 0.3 is 0 Å². The van der Waals surface area contributed by atoms with Gasteiger partial charge in [-0.1, -0.05) is 39.0 Å². The van der Waals surface area contributed by atoms with Crippen molar-refractivity contribution in [2.45, 2.75) is 60.8 Å². The number of anilines is 1. The van der Waals surface area contributed by atoms with E-state index in [-0.39, 0.29) is 0 Å². The van der Waals surface area contributed by atoms with E-state index in [1.165, 1.54) is 28.1 Å². The van der Waals surface area contributed by atoms with Crippen LogP contribution in [0.25, 0.3) is 9.53 Å². The van der Waals surface area contributed by atoms with Crippen LogP contribution in [0.5, 0.6) is 0 Å². The summed E-state index contributed by atoms with van der Waals surface area (Å²) in [6.07, 6.45) is 3.59. The summed E-state index contributed by atoms with van der Waals surface area (Å²) >= 11 is 3.38. The Morgan fingerprint density at radius 2 is 1.37 bits per heavy atom. The third-order valence-electron chi connectivity index (χ3n) is 6.33. The van der Waals surface area contributed by atoms with Crippen LogP contribution in [0.2, 0.25) is 0 Å². The zero-order valence-electron chi connectivity index (χ0n) is 23.3. The topological polar surface area (TPSA) is 65.6 Å². The fourth-order valence-corrected chi connectivity index (χ4v) is 6.66. The second-order valence-corrected chi connectivity index (χ2v) is 13.0. The summed E-state index contributed by atoms with van der Waals surface area (Å²) in [6, 6.07) is 18.0. The lowest BCUT2D eigenvalue weighted by Crippen LogP contribution is -2.21. The monoisotopic (exact) mass is 546 g/mol. The van der Waals surface area contributed by atoms with Crippen LogP contribution in [-0.2, 0) is 6.42 Å². The number of thiazole rings is 1. The highest BCUT2D eigenvalue weighted by Crippen LogP contribution is 2.36. The summed E-state index contributed by atoms with van der Waals surface area (Å²) in [5, 5.41) is 18.1. The number of rotatable bonds is 11. The van der Waals surface area contributed by atoms with Gasteiger partial charge in [0.05, 0.1) is 21.8 Å². The third-order valence-corrected chi connectivity index (χ3v) is 8.44. The molecule has 0 radical (unpaired) electrons. The number of fused-ring (bicyclic) bond motifs is 1. The molecule has 0 fully saturated rings. The Morgan fingerprint density at radius 1 is 0.816 bits per heavy atom. The van der Waals surface area contributed by atoms with Crippen molar-refractivity contribution in [3.63, 3.8) is 0 Å². The van der Waals surface area contributed by atoms with Gasteiger partial charge in [-0.05, 0) is 99.0 Å². The molecule has 8 heteroatoms. The first-order valence-electron chi connectivity index (χ1n) is 13.4. The van der Waals surface area contributed by atoms with E-state index >= 15 is 0 Å². The first-order valence-corrected chi connectivity index (χ1v) is 15.0. The van der Waals surface area contributed by atoms with Crippen LogP contribution in [0.4, 0.5) is 27.9 Å². The van der Waals surface area contributed by atoms with Gasteiger partial charge in [-0.15, -0.1) is 21.6 Å². The van der Waals surface area contributed by atoms with Crippen molar-refractivity contribution in [1.82, 2.24) is 4.98 Å². The van der Waals surface area contributed by atoms with Gasteiger partial charge in [0.25, 0.3) is 0 Å². The molecule has 38 heavy (non-hydrogen) atoms. The molecular weight excluding hydrogens is 509 g/mol. The highest BCUT2D eigenvalue weighted by atomic mass is 32.1. The number of benzene rings is 2. The molecule has 4 aromatic rings. The molecule has 6 nitrogen and oxygen atoms in total. The predicted octanol–water partition coefficient (Wildman–Crippen LogP) is 11.0. The summed E-state index contributed by atoms with van der Waals surface area (Å²) in [5.41, 5.74) is 3.95. The smallest absolute Gasteiger partial charge is 0.231 e. The van der Waals surface area contributed by atoms with Crippen molar-refractivity contribution >= 4 is 60.1 Å². The molecule has 1 atom stereocenters. The molecule has 0 saturated heterocycles. The highest BCUT2D eigenvalue weighted by molar-refractivity contribution is 7.28. The summed E-state index contributed by atoms with van der Waals surface area (Å²) in [5.74, 6) is 0.726. The molecule has 4 rings (SSSR count). The molecule has 0 aliphatic carbocycles. The van der Waals surface area contributed by atoms with Gasteiger partial charge < -0.3 is 4.90 Å². The van der Waals surface area contributed by atoms with E-state index in [0.717, 1.165) is 47.3 Å². The highest BCUT2D eigenvalue weighted by Gasteiger charge is 2.16. The van der Waals surface area contributed by atoms with Crippen molar-refractivity contribution in [3.05, 3.63) is 59.5 Å². The average Bonchev–Trinajstić information content (AvgIpc) is 3.45. The summed E-state index contributed by atoms with van der Waals surface area (Å²) < 4.78 is 1.20. The summed E-state index contributed by atoms with van der Waals surface area (Å²) in [7, 11) is 0. The molecule has 2 heterocycles. The van der Waals surface area contributed by atoms with Gasteiger partial charge in [0, 0.05) is 23.7 Å². The minimum atomic E-state index is 0.388. The number of hydrogen-bond donors (Lipinski definition) is 0. The van der Waals surface area contributed by atoms with Crippen molar-refractivity contribution < 1.29 is 0 Å². The normalized spacial score (nSPS) is 13.2. The maximum atomic E-state index is 4.68. The lowest BCUT2D eigenvalue weighted by Gasteiger charge is -2.22. The van der Waals surface area contributed by atoms with E-state index < -0.39 is 0 Å². The van der Waals surface area contributed by atoms with Crippen molar-refractivity contribution in [1.29, 1.82) is 0 Å². The van der Waals surface area contributed by atoms with Gasteiger partial charge in [0.1, 0.15) is 4.83 Å². The van der Waals surface area contributed by atoms with E-state index in [2.05, 4.69) is 90.1 Å². The largest absolute Gasteiger partial charge is 0.372 e. The van der Waals surface area contributed by atoms with Gasteiger partial charge in [0.2, 0.25) is 5.13 Å². The molecule has 0 spiro atoms. The standard InChI is InChI=1S/C30H38N6S2/c1-7-36(8-2)25-16-14-24(15-17-25)33-32-22-10-12-23(13-11-22)34-35-29-31-28-27(38-29)19-26(37-28)18-9-21(3)20-30(4,5)6/h10-17,19,21H,7-9,18,20H2,1-6H3. The van der Waals surface area contributed by atoms with Gasteiger partial charge in [-0.2, -0.15) is 10.2 Å². The predicted molar refractivity (Wildman–Crippen MR) is 164 cm³/mol. The van der Waals surface area contributed by atoms with E-state index in [1.54, 1.807) is 22.7 Å². The SMILES string of the molecule is CCN(CC)c1ccc(N=Nc2ccc(N=Nc3nc4sc(CCC(C)CC(C)(C)C)cc4s3)cc2)cc1. The second kappa shape index (κ2) is 12.7. The molecule has 0 bridgehead atoms. The zero-order valence-corrected chi connectivity index (χ0v) is 24.9. The van der Waals surface area contributed by atoms with Crippen molar-refractivity contribution in [2.75, 3.05) is 18.0 Å². The Balaban J connectivity index is 1.31. The van der Waals surface area contributed by atoms with Crippen molar-refractivity contribution in [3.8, 4) is 0 Å². The number of thiophene rings is 1. The molecule has 0 aliphatic rings. The maximum Gasteiger partial charge on any atom is 0.231 e. The first kappa shape index (κ1) is 28.0. The van der Waals surface area contributed by atoms with E-state index in [0.29, 0.717) is 10.5 Å². The molecule has 0 N–H and O–H groups in total. The molecule has 0 saturated carbocycles. The Labute approximate surface area is 234 Å². The van der Waals surface area contributed by atoms with Crippen LogP contribution < -0.4 is 4.90 Å². The Bertz CT molecular complexity index is 1330. The number of aromatic nitrogens is 1. The Hall–Kier alpha value is -2.97. The average molecular weight is 547 g/mol.